The number of ether oxygens (including phenoxy) is 1. The van der Waals surface area contributed by atoms with Gasteiger partial charge in [0.15, 0.2) is 0 Å². The second-order valence-corrected chi connectivity index (χ2v) is 7.87. The molecule has 0 bridgehead atoms. The SMILES string of the molecule is COc1ccc(S(=O)(=O)N(Cc2ncc[nH]2)C(C)CSC)cc1. The Kier molecular flexibility index (Phi) is 6.09. The maximum atomic E-state index is 13.0. The van der Waals surface area contributed by atoms with Gasteiger partial charge in [0, 0.05) is 24.2 Å². The highest BCUT2D eigenvalue weighted by Gasteiger charge is 2.29. The molecular weight excluding hydrogens is 334 g/mol. The van der Waals surface area contributed by atoms with Gasteiger partial charge < -0.3 is 9.72 Å². The van der Waals surface area contributed by atoms with Crippen molar-refractivity contribution in [2.24, 2.45) is 0 Å². The molecule has 1 aromatic carbocycles. The molecule has 2 aromatic rings. The third-order valence-electron chi connectivity index (χ3n) is 3.43. The van der Waals surface area contributed by atoms with E-state index in [-0.39, 0.29) is 17.5 Å². The Morgan fingerprint density at radius 3 is 2.57 bits per heavy atom. The number of nitrogens with one attached hydrogen (secondary N) is 1. The van der Waals surface area contributed by atoms with E-state index in [1.165, 1.54) is 4.31 Å². The summed E-state index contributed by atoms with van der Waals surface area (Å²) < 4.78 is 32.6. The number of rotatable bonds is 8. The summed E-state index contributed by atoms with van der Waals surface area (Å²) in [4.78, 5) is 7.36. The zero-order chi connectivity index (χ0) is 16.9. The number of thioether (sulfide) groups is 1. The fourth-order valence-corrected chi connectivity index (χ4v) is 4.57. The van der Waals surface area contributed by atoms with Crippen LogP contribution in [0.15, 0.2) is 41.6 Å². The number of methoxy groups -OCH3 is 1. The van der Waals surface area contributed by atoms with E-state index in [0.717, 1.165) is 0 Å². The van der Waals surface area contributed by atoms with Crippen LogP contribution in [0.3, 0.4) is 0 Å². The molecule has 1 heterocycles. The molecule has 0 fully saturated rings. The monoisotopic (exact) mass is 355 g/mol. The summed E-state index contributed by atoms with van der Waals surface area (Å²) in [6, 6.07) is 6.28. The Morgan fingerprint density at radius 1 is 1.35 bits per heavy atom. The van der Waals surface area contributed by atoms with Crippen LogP contribution in [-0.4, -0.2) is 47.9 Å². The summed E-state index contributed by atoms with van der Waals surface area (Å²) in [6.45, 7) is 2.11. The zero-order valence-corrected chi connectivity index (χ0v) is 15.0. The summed E-state index contributed by atoms with van der Waals surface area (Å²) in [6.07, 6.45) is 5.26. The number of benzene rings is 1. The minimum Gasteiger partial charge on any atom is -0.497 e. The standard InChI is InChI=1S/C15H21N3O3S2/c1-12(11-22-3)18(10-15-16-8-9-17-15)23(19,20)14-6-4-13(21-2)5-7-14/h4-9,12H,10-11H2,1-3H3,(H,16,17). The van der Waals surface area contributed by atoms with Crippen LogP contribution in [0, 0.1) is 0 Å². The second kappa shape index (κ2) is 7.85. The van der Waals surface area contributed by atoms with Crippen molar-refractivity contribution in [3.05, 3.63) is 42.5 Å². The van der Waals surface area contributed by atoms with Gasteiger partial charge in [0.1, 0.15) is 11.6 Å². The van der Waals surface area contributed by atoms with Crippen LogP contribution in [0.2, 0.25) is 0 Å². The van der Waals surface area contributed by atoms with E-state index in [9.17, 15) is 8.42 Å². The van der Waals surface area contributed by atoms with Crippen LogP contribution in [0.5, 0.6) is 5.75 Å². The van der Waals surface area contributed by atoms with Crippen molar-refractivity contribution in [2.45, 2.75) is 24.4 Å². The summed E-state index contributed by atoms with van der Waals surface area (Å²) in [5, 5.41) is 0. The zero-order valence-electron chi connectivity index (χ0n) is 13.4. The van der Waals surface area contributed by atoms with Crippen LogP contribution in [-0.2, 0) is 16.6 Å². The lowest BCUT2D eigenvalue weighted by Crippen LogP contribution is -2.39. The van der Waals surface area contributed by atoms with Gasteiger partial charge in [-0.1, -0.05) is 0 Å². The number of H-pyrrole nitrogens is 1. The number of aromatic nitrogens is 2. The number of sulfonamides is 1. The van der Waals surface area contributed by atoms with E-state index >= 15 is 0 Å². The van der Waals surface area contributed by atoms with Crippen molar-refractivity contribution >= 4 is 21.8 Å². The Balaban J connectivity index is 2.34. The van der Waals surface area contributed by atoms with E-state index < -0.39 is 10.0 Å². The van der Waals surface area contributed by atoms with Crippen LogP contribution >= 0.6 is 11.8 Å². The average molecular weight is 355 g/mol. The second-order valence-electron chi connectivity index (χ2n) is 5.07. The molecule has 23 heavy (non-hydrogen) atoms. The van der Waals surface area contributed by atoms with Gasteiger partial charge in [-0.2, -0.15) is 16.1 Å². The smallest absolute Gasteiger partial charge is 0.243 e. The first-order valence-corrected chi connectivity index (χ1v) is 9.95. The van der Waals surface area contributed by atoms with Gasteiger partial charge in [-0.25, -0.2) is 13.4 Å². The molecule has 1 atom stereocenters. The Morgan fingerprint density at radius 2 is 2.04 bits per heavy atom. The van der Waals surface area contributed by atoms with E-state index in [1.807, 2.05) is 13.2 Å². The predicted molar refractivity (Wildman–Crippen MR) is 92.2 cm³/mol. The minimum atomic E-state index is -3.62. The summed E-state index contributed by atoms with van der Waals surface area (Å²) in [5.74, 6) is 1.95. The van der Waals surface area contributed by atoms with Gasteiger partial charge in [0.05, 0.1) is 18.6 Å². The predicted octanol–water partition coefficient (Wildman–Crippen LogP) is 2.36. The minimum absolute atomic E-state index is 0.151. The molecule has 1 aromatic heterocycles. The van der Waals surface area contributed by atoms with Crippen molar-refractivity contribution in [1.82, 2.24) is 14.3 Å². The fourth-order valence-electron chi connectivity index (χ4n) is 2.22. The van der Waals surface area contributed by atoms with Crippen LogP contribution < -0.4 is 4.74 Å². The molecule has 0 aliphatic rings. The largest absolute Gasteiger partial charge is 0.497 e. The molecule has 2 rings (SSSR count). The number of aromatic amines is 1. The first kappa shape index (κ1) is 17.8. The van der Waals surface area contributed by atoms with Crippen molar-refractivity contribution in [3.8, 4) is 5.75 Å². The molecular formula is C15H21N3O3S2. The normalized spacial score (nSPS) is 13.2. The number of imidazole rings is 1. The highest BCUT2D eigenvalue weighted by Crippen LogP contribution is 2.23. The molecule has 1 unspecified atom stereocenters. The topological polar surface area (TPSA) is 75.3 Å². The van der Waals surface area contributed by atoms with Crippen LogP contribution in [0.1, 0.15) is 12.7 Å². The Labute approximate surface area is 141 Å². The Hall–Kier alpha value is -1.51. The average Bonchev–Trinajstić information content (AvgIpc) is 3.06. The number of hydrogen-bond donors (Lipinski definition) is 1. The molecule has 1 N–H and O–H groups in total. The van der Waals surface area contributed by atoms with E-state index in [0.29, 0.717) is 17.3 Å². The van der Waals surface area contributed by atoms with Gasteiger partial charge >= 0.3 is 0 Å². The van der Waals surface area contributed by atoms with Gasteiger partial charge in [0.25, 0.3) is 0 Å². The lowest BCUT2D eigenvalue weighted by atomic mass is 10.3. The molecule has 0 aliphatic heterocycles. The van der Waals surface area contributed by atoms with Crippen LogP contribution in [0.25, 0.3) is 0 Å². The van der Waals surface area contributed by atoms with E-state index in [2.05, 4.69) is 9.97 Å². The molecule has 126 valence electrons. The van der Waals surface area contributed by atoms with Gasteiger partial charge in [0.2, 0.25) is 10.0 Å². The summed E-state index contributed by atoms with van der Waals surface area (Å²) in [5.41, 5.74) is 0. The molecule has 0 radical (unpaired) electrons. The molecule has 0 saturated carbocycles. The van der Waals surface area contributed by atoms with Gasteiger partial charge in [-0.05, 0) is 37.4 Å². The van der Waals surface area contributed by atoms with Gasteiger partial charge in [-0.15, -0.1) is 0 Å². The van der Waals surface area contributed by atoms with Crippen molar-refractivity contribution in [1.29, 1.82) is 0 Å². The van der Waals surface area contributed by atoms with Gasteiger partial charge in [-0.3, -0.25) is 0 Å². The lowest BCUT2D eigenvalue weighted by Gasteiger charge is -2.27. The first-order chi connectivity index (χ1) is 11.0. The maximum Gasteiger partial charge on any atom is 0.243 e. The maximum absolute atomic E-state index is 13.0. The molecule has 0 saturated heterocycles. The first-order valence-electron chi connectivity index (χ1n) is 7.12. The third kappa shape index (κ3) is 4.27. The number of nitrogens with zero attached hydrogens (tertiary/aromatic N) is 2. The Bertz CT molecular complexity index is 700. The third-order valence-corrected chi connectivity index (χ3v) is 6.22. The van der Waals surface area contributed by atoms with Crippen LogP contribution in [0.4, 0.5) is 0 Å². The number of hydrogen-bond acceptors (Lipinski definition) is 5. The quantitative estimate of drug-likeness (QED) is 0.787. The molecule has 6 nitrogen and oxygen atoms in total. The highest BCUT2D eigenvalue weighted by atomic mass is 32.2. The molecule has 0 amide bonds. The van der Waals surface area contributed by atoms with Crippen molar-refractivity contribution in [2.75, 3.05) is 19.1 Å². The lowest BCUT2D eigenvalue weighted by molar-refractivity contribution is 0.345. The van der Waals surface area contributed by atoms with Crippen molar-refractivity contribution < 1.29 is 13.2 Å². The molecule has 0 aliphatic carbocycles. The van der Waals surface area contributed by atoms with E-state index in [4.69, 9.17) is 4.74 Å². The molecule has 0 spiro atoms. The summed E-state index contributed by atoms with van der Waals surface area (Å²) in [7, 11) is -2.07. The fraction of sp³-hybridized carbons (Fsp3) is 0.400. The summed E-state index contributed by atoms with van der Waals surface area (Å²) >= 11 is 1.61. The molecule has 8 heteroatoms. The van der Waals surface area contributed by atoms with E-state index in [1.54, 1.807) is 55.5 Å². The van der Waals surface area contributed by atoms with Crippen molar-refractivity contribution in [3.63, 3.8) is 0 Å². The highest BCUT2D eigenvalue weighted by molar-refractivity contribution is 7.98.